The molecule has 0 radical (unpaired) electrons. The topological polar surface area (TPSA) is 61.3 Å². The van der Waals surface area contributed by atoms with Crippen molar-refractivity contribution in [3.63, 3.8) is 0 Å². The van der Waals surface area contributed by atoms with Crippen LogP contribution in [-0.4, -0.2) is 17.8 Å². The number of benzene rings is 1. The van der Waals surface area contributed by atoms with Crippen LogP contribution in [0.15, 0.2) is 28.8 Å². The Kier molecular flexibility index (Phi) is 4.16. The molecule has 0 aliphatic heterocycles. The Balaban J connectivity index is 2.22. The van der Waals surface area contributed by atoms with Gasteiger partial charge in [0.2, 0.25) is 0 Å². The summed E-state index contributed by atoms with van der Waals surface area (Å²) in [5, 5.41) is 3.87. The first-order valence-corrected chi connectivity index (χ1v) is 6.22. The van der Waals surface area contributed by atoms with E-state index in [0.717, 1.165) is 5.69 Å². The van der Waals surface area contributed by atoms with Gasteiger partial charge in [0.15, 0.2) is 17.3 Å². The van der Waals surface area contributed by atoms with E-state index in [1.807, 2.05) is 13.8 Å². The van der Waals surface area contributed by atoms with E-state index in [4.69, 9.17) is 15.0 Å². The average Bonchev–Trinajstić information content (AvgIpc) is 2.80. The van der Waals surface area contributed by atoms with Gasteiger partial charge in [0.1, 0.15) is 0 Å². The van der Waals surface area contributed by atoms with Gasteiger partial charge in [-0.2, -0.15) is 0 Å². The van der Waals surface area contributed by atoms with E-state index >= 15 is 0 Å². The molecule has 102 valence electrons. The molecule has 4 nitrogen and oxygen atoms in total. The molecule has 2 N–H and O–H groups in total. The predicted molar refractivity (Wildman–Crippen MR) is 70.4 cm³/mol. The highest BCUT2D eigenvalue weighted by atomic mass is 19.1. The van der Waals surface area contributed by atoms with Crippen LogP contribution in [0.1, 0.15) is 19.5 Å². The Morgan fingerprint density at radius 1 is 1.37 bits per heavy atom. The van der Waals surface area contributed by atoms with Gasteiger partial charge in [0, 0.05) is 18.1 Å². The molecule has 0 aliphatic carbocycles. The van der Waals surface area contributed by atoms with E-state index in [1.54, 1.807) is 18.2 Å². The maximum atomic E-state index is 13.8. The Hall–Kier alpha value is -1.88. The molecule has 0 saturated carbocycles. The van der Waals surface area contributed by atoms with Crippen molar-refractivity contribution in [2.45, 2.75) is 26.4 Å². The predicted octanol–water partition coefficient (Wildman–Crippen LogP) is 2.77. The summed E-state index contributed by atoms with van der Waals surface area (Å²) < 4.78 is 24.4. The molecule has 0 atom stereocenters. The Labute approximate surface area is 111 Å². The van der Waals surface area contributed by atoms with Crippen LogP contribution in [0.4, 0.5) is 4.39 Å². The van der Waals surface area contributed by atoms with E-state index < -0.39 is 5.82 Å². The molecule has 2 aromatic rings. The second-order valence-corrected chi connectivity index (χ2v) is 4.53. The highest BCUT2D eigenvalue weighted by Gasteiger charge is 2.11. The second kappa shape index (κ2) is 5.84. The van der Waals surface area contributed by atoms with Crippen molar-refractivity contribution in [3.8, 4) is 17.1 Å². The lowest BCUT2D eigenvalue weighted by Gasteiger charge is -2.10. The van der Waals surface area contributed by atoms with Gasteiger partial charge in [-0.3, -0.25) is 0 Å². The van der Waals surface area contributed by atoms with E-state index in [0.29, 0.717) is 24.3 Å². The number of hydrogen-bond donors (Lipinski definition) is 1. The van der Waals surface area contributed by atoms with Crippen molar-refractivity contribution in [1.29, 1.82) is 0 Å². The van der Waals surface area contributed by atoms with Crippen LogP contribution in [-0.2, 0) is 6.42 Å². The number of rotatable bonds is 5. The van der Waals surface area contributed by atoms with Crippen molar-refractivity contribution in [2.24, 2.45) is 5.73 Å². The largest absolute Gasteiger partial charge is 0.488 e. The number of nitrogens with zero attached hydrogens (tertiary/aromatic N) is 1. The minimum absolute atomic E-state index is 0.0678. The molecule has 19 heavy (non-hydrogen) atoms. The Morgan fingerprint density at radius 3 is 2.79 bits per heavy atom. The minimum atomic E-state index is -0.414. The van der Waals surface area contributed by atoms with Crippen molar-refractivity contribution in [3.05, 3.63) is 35.8 Å². The summed E-state index contributed by atoms with van der Waals surface area (Å²) in [4.78, 5) is 0. The van der Waals surface area contributed by atoms with Crippen LogP contribution in [0, 0.1) is 5.82 Å². The average molecular weight is 264 g/mol. The highest BCUT2D eigenvalue weighted by molar-refractivity contribution is 5.58. The number of halogens is 1. The molecule has 0 fully saturated rings. The zero-order chi connectivity index (χ0) is 13.8. The van der Waals surface area contributed by atoms with Crippen molar-refractivity contribution < 1.29 is 13.7 Å². The zero-order valence-corrected chi connectivity index (χ0v) is 11.0. The number of ether oxygens (including phenoxy) is 1. The Bertz CT molecular complexity index is 552. The molecule has 2 rings (SSSR count). The van der Waals surface area contributed by atoms with E-state index in [9.17, 15) is 4.39 Å². The second-order valence-electron chi connectivity index (χ2n) is 4.53. The zero-order valence-electron chi connectivity index (χ0n) is 11.0. The minimum Gasteiger partial charge on any atom is -0.488 e. The van der Waals surface area contributed by atoms with Gasteiger partial charge in [0.25, 0.3) is 0 Å². The van der Waals surface area contributed by atoms with E-state index in [-0.39, 0.29) is 11.9 Å². The third kappa shape index (κ3) is 3.32. The van der Waals surface area contributed by atoms with Crippen LogP contribution < -0.4 is 10.5 Å². The first-order chi connectivity index (χ1) is 9.10. The van der Waals surface area contributed by atoms with Crippen LogP contribution in [0.5, 0.6) is 5.75 Å². The van der Waals surface area contributed by atoms with Gasteiger partial charge >= 0.3 is 0 Å². The SMILES string of the molecule is CC(C)Oc1ccc(-c2cc(CCN)no2)cc1F. The first-order valence-electron chi connectivity index (χ1n) is 6.22. The standard InChI is InChI=1S/C14H17FN2O2/c1-9(2)18-13-4-3-10(7-12(13)15)14-8-11(5-6-16)17-19-14/h3-4,7-9H,5-6,16H2,1-2H3. The van der Waals surface area contributed by atoms with Gasteiger partial charge in [0.05, 0.1) is 11.8 Å². The molecule has 0 amide bonds. The Morgan fingerprint density at radius 2 is 2.16 bits per heavy atom. The number of aromatic nitrogens is 1. The summed E-state index contributed by atoms with van der Waals surface area (Å²) >= 11 is 0. The molecular formula is C14H17FN2O2. The molecule has 5 heteroatoms. The van der Waals surface area contributed by atoms with Crippen molar-refractivity contribution in [1.82, 2.24) is 5.16 Å². The molecule has 1 heterocycles. The van der Waals surface area contributed by atoms with Crippen molar-refractivity contribution in [2.75, 3.05) is 6.54 Å². The molecule has 0 spiro atoms. The fourth-order valence-corrected chi connectivity index (χ4v) is 1.72. The van der Waals surface area contributed by atoms with Gasteiger partial charge in [-0.15, -0.1) is 0 Å². The number of nitrogens with two attached hydrogens (primary N) is 1. The normalized spacial score (nSPS) is 11.0. The van der Waals surface area contributed by atoms with E-state index in [1.165, 1.54) is 6.07 Å². The maximum Gasteiger partial charge on any atom is 0.167 e. The summed E-state index contributed by atoms with van der Waals surface area (Å²) in [6.07, 6.45) is 0.572. The fraction of sp³-hybridized carbons (Fsp3) is 0.357. The van der Waals surface area contributed by atoms with Crippen LogP contribution in [0.2, 0.25) is 0 Å². The number of hydrogen-bond acceptors (Lipinski definition) is 4. The quantitative estimate of drug-likeness (QED) is 0.902. The van der Waals surface area contributed by atoms with Gasteiger partial charge in [-0.05, 0) is 38.6 Å². The molecule has 1 aromatic carbocycles. The highest BCUT2D eigenvalue weighted by Crippen LogP contribution is 2.26. The molecule has 1 aromatic heterocycles. The smallest absolute Gasteiger partial charge is 0.167 e. The maximum absolute atomic E-state index is 13.8. The third-order valence-corrected chi connectivity index (χ3v) is 2.54. The lowest BCUT2D eigenvalue weighted by Crippen LogP contribution is -2.06. The van der Waals surface area contributed by atoms with Crippen LogP contribution in [0.3, 0.4) is 0 Å². The van der Waals surface area contributed by atoms with Crippen LogP contribution in [0.25, 0.3) is 11.3 Å². The van der Waals surface area contributed by atoms with E-state index in [2.05, 4.69) is 5.16 Å². The summed E-state index contributed by atoms with van der Waals surface area (Å²) in [6, 6.07) is 6.48. The van der Waals surface area contributed by atoms with Gasteiger partial charge < -0.3 is 15.0 Å². The molecular weight excluding hydrogens is 247 g/mol. The lowest BCUT2D eigenvalue weighted by atomic mass is 10.1. The molecule has 0 unspecified atom stereocenters. The third-order valence-electron chi connectivity index (χ3n) is 2.54. The molecule has 0 aliphatic rings. The monoisotopic (exact) mass is 264 g/mol. The van der Waals surface area contributed by atoms with Crippen LogP contribution >= 0.6 is 0 Å². The fourth-order valence-electron chi connectivity index (χ4n) is 1.72. The lowest BCUT2D eigenvalue weighted by molar-refractivity contribution is 0.231. The molecule has 0 bridgehead atoms. The summed E-state index contributed by atoms with van der Waals surface area (Å²) in [6.45, 7) is 4.20. The summed E-state index contributed by atoms with van der Waals surface area (Å²) in [5.74, 6) is 0.349. The first kappa shape index (κ1) is 13.5. The molecule has 0 saturated heterocycles. The summed E-state index contributed by atoms with van der Waals surface area (Å²) in [7, 11) is 0. The summed E-state index contributed by atoms with van der Waals surface area (Å²) in [5.41, 5.74) is 6.83. The van der Waals surface area contributed by atoms with Gasteiger partial charge in [-0.25, -0.2) is 4.39 Å². The van der Waals surface area contributed by atoms with Crippen molar-refractivity contribution >= 4 is 0 Å². The van der Waals surface area contributed by atoms with Gasteiger partial charge in [-0.1, -0.05) is 5.16 Å².